The van der Waals surface area contributed by atoms with E-state index >= 15 is 0 Å². The molecule has 1 saturated carbocycles. The van der Waals surface area contributed by atoms with Crippen LogP contribution in [0.5, 0.6) is 0 Å². The Bertz CT molecular complexity index is 1020. The van der Waals surface area contributed by atoms with Crippen LogP contribution in [0.4, 0.5) is 5.69 Å². The Morgan fingerprint density at radius 3 is 2.50 bits per heavy atom. The van der Waals surface area contributed by atoms with Crippen LogP contribution in [0, 0.1) is 11.8 Å². The van der Waals surface area contributed by atoms with Gasteiger partial charge in [0.15, 0.2) is 0 Å². The van der Waals surface area contributed by atoms with Crippen molar-refractivity contribution < 1.29 is 19.1 Å². The molecule has 2 saturated heterocycles. The van der Waals surface area contributed by atoms with Gasteiger partial charge in [-0.15, -0.1) is 0 Å². The van der Waals surface area contributed by atoms with Crippen LogP contribution in [-0.4, -0.2) is 53.0 Å². The number of benzene rings is 1. The molecule has 4 aliphatic rings. The van der Waals surface area contributed by atoms with Crippen molar-refractivity contribution >= 4 is 46.6 Å². The molecule has 0 aromatic heterocycles. The topological polar surface area (TPSA) is 87.7 Å². The van der Waals surface area contributed by atoms with E-state index in [1.807, 2.05) is 19.1 Å². The van der Waals surface area contributed by atoms with Crippen molar-refractivity contribution in [1.29, 1.82) is 0 Å². The molecule has 3 amide bonds. The summed E-state index contributed by atoms with van der Waals surface area (Å²) < 4.78 is 6.33. The van der Waals surface area contributed by atoms with Gasteiger partial charge in [0.1, 0.15) is 11.6 Å². The second-order valence-corrected chi connectivity index (χ2v) is 10.6. The van der Waals surface area contributed by atoms with E-state index in [4.69, 9.17) is 27.9 Å². The third-order valence-electron chi connectivity index (χ3n) is 7.47. The van der Waals surface area contributed by atoms with Gasteiger partial charge in [-0.2, -0.15) is 0 Å². The minimum atomic E-state index is -1.14. The van der Waals surface area contributed by atoms with E-state index in [1.54, 1.807) is 23.1 Å². The maximum absolute atomic E-state index is 13.7. The summed E-state index contributed by atoms with van der Waals surface area (Å²) >= 11 is 12.2. The zero-order valence-corrected chi connectivity index (χ0v) is 20.6. The number of nitrogens with one attached hydrogen (secondary N) is 2. The molecule has 0 unspecified atom stereocenters. The molecule has 34 heavy (non-hydrogen) atoms. The zero-order chi connectivity index (χ0) is 24.0. The van der Waals surface area contributed by atoms with Gasteiger partial charge in [-0.05, 0) is 37.5 Å². The highest BCUT2D eigenvalue weighted by atomic mass is 35.5. The average Bonchev–Trinajstić information content (AvgIpc) is 3.42. The molecule has 2 bridgehead atoms. The van der Waals surface area contributed by atoms with Crippen LogP contribution in [0.25, 0.3) is 0 Å². The van der Waals surface area contributed by atoms with E-state index < -0.39 is 29.6 Å². The van der Waals surface area contributed by atoms with Crippen LogP contribution in [0.15, 0.2) is 30.4 Å². The lowest BCUT2D eigenvalue weighted by atomic mass is 9.74. The molecule has 3 aliphatic heterocycles. The predicted octanol–water partition coefficient (Wildman–Crippen LogP) is 3.94. The maximum Gasteiger partial charge on any atom is 0.246 e. The van der Waals surface area contributed by atoms with Crippen LogP contribution >= 0.6 is 23.2 Å². The van der Waals surface area contributed by atoms with Gasteiger partial charge in [-0.25, -0.2) is 0 Å². The van der Waals surface area contributed by atoms with Crippen molar-refractivity contribution in [3.63, 3.8) is 0 Å². The van der Waals surface area contributed by atoms with Crippen molar-refractivity contribution in [2.24, 2.45) is 11.8 Å². The largest absolute Gasteiger partial charge is 0.359 e. The summed E-state index contributed by atoms with van der Waals surface area (Å²) in [6.07, 6.45) is 9.04. The van der Waals surface area contributed by atoms with Crippen LogP contribution in [0.1, 0.15) is 45.4 Å². The standard InChI is InChI=1S/C25H29Cl2N3O4/c1-2-10-30-21(23(32)28-16-6-4-3-5-7-16)25-9-8-18(34-25)19(20(25)24(30)33)22(31)29-17-12-14(26)11-15(27)13-17/h8-9,11-13,16,18-21H,2-7,10H2,1H3,(H,28,32)(H,29,31)/t18-,19+,20-,21+,25-/m0/s1. The summed E-state index contributed by atoms with van der Waals surface area (Å²) in [5.74, 6) is -2.25. The summed E-state index contributed by atoms with van der Waals surface area (Å²) in [7, 11) is 0. The summed E-state index contributed by atoms with van der Waals surface area (Å²) in [6, 6.07) is 4.11. The number of hydrogen-bond acceptors (Lipinski definition) is 4. The SMILES string of the molecule is CCCN1C(=O)[C@@H]2[C@H](C(=O)Nc3cc(Cl)cc(Cl)c3)[C@@H]3C=C[C@@]2(O3)[C@H]1C(=O)NC1CCCCC1. The van der Waals surface area contributed by atoms with Gasteiger partial charge in [-0.1, -0.05) is 61.5 Å². The Labute approximate surface area is 209 Å². The Balaban J connectivity index is 1.42. The number of fused-ring (bicyclic) bond motifs is 1. The number of amides is 3. The van der Waals surface area contributed by atoms with Crippen LogP contribution in [0.3, 0.4) is 0 Å². The lowest BCUT2D eigenvalue weighted by Crippen LogP contribution is -2.56. The predicted molar refractivity (Wildman–Crippen MR) is 130 cm³/mol. The Morgan fingerprint density at radius 2 is 1.82 bits per heavy atom. The van der Waals surface area contributed by atoms with Crippen LogP contribution in [-0.2, 0) is 19.1 Å². The molecule has 1 aliphatic carbocycles. The monoisotopic (exact) mass is 505 g/mol. The first-order valence-corrected chi connectivity index (χ1v) is 12.8. The molecular weight excluding hydrogens is 477 g/mol. The third-order valence-corrected chi connectivity index (χ3v) is 7.91. The molecule has 3 fully saturated rings. The molecule has 0 radical (unpaired) electrons. The van der Waals surface area contributed by atoms with Crippen molar-refractivity contribution in [2.45, 2.75) is 69.2 Å². The Hall–Kier alpha value is -2.09. The first-order valence-electron chi connectivity index (χ1n) is 12.1. The first-order chi connectivity index (χ1) is 16.3. The fourth-order valence-corrected chi connectivity index (χ4v) is 6.65. The molecule has 182 valence electrons. The van der Waals surface area contributed by atoms with E-state index in [0.717, 1.165) is 25.7 Å². The molecule has 2 N–H and O–H groups in total. The first kappa shape index (κ1) is 23.6. The molecule has 9 heteroatoms. The highest BCUT2D eigenvalue weighted by molar-refractivity contribution is 6.35. The highest BCUT2D eigenvalue weighted by Gasteiger charge is 2.72. The summed E-state index contributed by atoms with van der Waals surface area (Å²) in [4.78, 5) is 42.2. The normalized spacial score (nSPS) is 32.2. The van der Waals surface area contributed by atoms with Gasteiger partial charge in [0.25, 0.3) is 0 Å². The Morgan fingerprint density at radius 1 is 1.12 bits per heavy atom. The summed E-state index contributed by atoms with van der Waals surface area (Å²) in [5, 5.41) is 6.82. The van der Waals surface area contributed by atoms with Crippen LogP contribution < -0.4 is 10.6 Å². The van der Waals surface area contributed by atoms with Crippen molar-refractivity contribution in [1.82, 2.24) is 10.2 Å². The fraction of sp³-hybridized carbons (Fsp3) is 0.560. The summed E-state index contributed by atoms with van der Waals surface area (Å²) in [6.45, 7) is 2.40. The van der Waals surface area contributed by atoms with Gasteiger partial charge >= 0.3 is 0 Å². The van der Waals surface area contributed by atoms with E-state index in [9.17, 15) is 14.4 Å². The second kappa shape index (κ2) is 9.17. The van der Waals surface area contributed by atoms with Gasteiger partial charge in [0.05, 0.1) is 17.9 Å². The smallest absolute Gasteiger partial charge is 0.246 e. The van der Waals surface area contributed by atoms with Crippen molar-refractivity contribution in [3.8, 4) is 0 Å². The fourth-order valence-electron chi connectivity index (χ4n) is 6.13. The van der Waals surface area contributed by atoms with E-state index in [1.165, 1.54) is 6.42 Å². The highest BCUT2D eigenvalue weighted by Crippen LogP contribution is 2.55. The molecule has 1 spiro atoms. The van der Waals surface area contributed by atoms with E-state index in [2.05, 4.69) is 10.6 Å². The third kappa shape index (κ3) is 3.91. The molecule has 1 aromatic rings. The zero-order valence-electron chi connectivity index (χ0n) is 19.1. The average molecular weight is 506 g/mol. The van der Waals surface area contributed by atoms with Crippen molar-refractivity contribution in [3.05, 3.63) is 40.4 Å². The number of ether oxygens (including phenoxy) is 1. The second-order valence-electron chi connectivity index (χ2n) is 9.72. The van der Waals surface area contributed by atoms with Crippen LogP contribution in [0.2, 0.25) is 10.0 Å². The number of anilines is 1. The number of rotatable bonds is 6. The number of carbonyl (C=O) groups is 3. The quantitative estimate of drug-likeness (QED) is 0.573. The van der Waals surface area contributed by atoms with E-state index in [0.29, 0.717) is 28.7 Å². The van der Waals surface area contributed by atoms with Gasteiger partial charge in [0, 0.05) is 28.3 Å². The lowest BCUT2D eigenvalue weighted by Gasteiger charge is -2.34. The van der Waals surface area contributed by atoms with Gasteiger partial charge in [-0.3, -0.25) is 14.4 Å². The maximum atomic E-state index is 13.7. The van der Waals surface area contributed by atoms with Gasteiger partial charge < -0.3 is 20.3 Å². The van der Waals surface area contributed by atoms with Gasteiger partial charge in [0.2, 0.25) is 17.7 Å². The molecule has 1 aromatic carbocycles. The van der Waals surface area contributed by atoms with Crippen molar-refractivity contribution in [2.75, 3.05) is 11.9 Å². The number of hydrogen-bond donors (Lipinski definition) is 2. The summed E-state index contributed by atoms with van der Waals surface area (Å²) in [5.41, 5.74) is -0.685. The molecule has 7 nitrogen and oxygen atoms in total. The minimum absolute atomic E-state index is 0.115. The van der Waals surface area contributed by atoms with E-state index in [-0.39, 0.29) is 23.8 Å². The molecule has 3 heterocycles. The number of carbonyl (C=O) groups excluding carboxylic acids is 3. The molecule has 5 atom stereocenters. The number of likely N-dealkylation sites (tertiary alicyclic amines) is 1. The number of nitrogens with zero attached hydrogens (tertiary/aromatic N) is 1. The molecule has 5 rings (SSSR count). The number of halogens is 2. The Kier molecular flexibility index (Phi) is 6.38. The molecular formula is C25H29Cl2N3O4. The minimum Gasteiger partial charge on any atom is -0.359 e. The lowest BCUT2D eigenvalue weighted by molar-refractivity contribution is -0.141.